The van der Waals surface area contributed by atoms with Crippen molar-refractivity contribution in [3.8, 4) is 22.8 Å². The highest BCUT2D eigenvalue weighted by Gasteiger charge is 2.37. The summed E-state index contributed by atoms with van der Waals surface area (Å²) in [5, 5.41) is 6.73. The number of rotatable bonds is 9. The first-order chi connectivity index (χ1) is 19.8. The zero-order chi connectivity index (χ0) is 29.1. The third-order valence-electron chi connectivity index (χ3n) is 7.62. The summed E-state index contributed by atoms with van der Waals surface area (Å²) in [7, 11) is 3.15. The molecule has 3 aromatic rings. The van der Waals surface area contributed by atoms with Crippen LogP contribution in [0, 0.1) is 0 Å². The molecule has 0 spiro atoms. The number of fused-ring (bicyclic) bond motifs is 1. The number of ether oxygens (including phenoxy) is 3. The monoisotopic (exact) mass is 579 g/mol. The molecule has 0 unspecified atom stereocenters. The van der Waals surface area contributed by atoms with E-state index in [1.807, 2.05) is 37.3 Å². The largest absolute Gasteiger partial charge is 0.497 e. The molecule has 2 N–H and O–H groups in total. The number of amides is 2. The second kappa shape index (κ2) is 12.3. The van der Waals surface area contributed by atoms with Crippen molar-refractivity contribution >= 4 is 29.4 Å². The molecule has 0 saturated carbocycles. The molecule has 0 bridgehead atoms. The van der Waals surface area contributed by atoms with Crippen molar-refractivity contribution in [1.29, 1.82) is 0 Å². The van der Waals surface area contributed by atoms with Crippen LogP contribution in [0.25, 0.3) is 11.3 Å². The molecule has 1 saturated heterocycles. The molecular weight excluding hydrogens is 546 g/mol. The van der Waals surface area contributed by atoms with E-state index in [4.69, 9.17) is 25.8 Å². The average molecular weight is 580 g/mol. The Kier molecular flexibility index (Phi) is 8.60. The van der Waals surface area contributed by atoms with Gasteiger partial charge in [-0.25, -0.2) is 9.97 Å². The van der Waals surface area contributed by atoms with Crippen molar-refractivity contribution in [1.82, 2.24) is 20.2 Å². The number of hydrogen-bond donors (Lipinski definition) is 2. The Balaban J connectivity index is 1.36. The summed E-state index contributed by atoms with van der Waals surface area (Å²) in [6.45, 7) is 5.24. The fourth-order valence-electron chi connectivity index (χ4n) is 5.16. The quantitative estimate of drug-likeness (QED) is 0.377. The number of aromatic nitrogens is 2. The lowest BCUT2D eigenvalue weighted by Gasteiger charge is -2.25. The molecule has 5 rings (SSSR count). The molecule has 216 valence electrons. The Labute approximate surface area is 244 Å². The van der Waals surface area contributed by atoms with Crippen LogP contribution in [0.1, 0.15) is 54.2 Å². The van der Waals surface area contributed by atoms with Crippen LogP contribution >= 0.6 is 11.6 Å². The summed E-state index contributed by atoms with van der Waals surface area (Å²) in [5.41, 5.74) is 3.18. The number of nitrogens with zero attached hydrogens (tertiary/aromatic N) is 3. The number of anilines is 1. The Morgan fingerprint density at radius 2 is 1.93 bits per heavy atom. The van der Waals surface area contributed by atoms with E-state index < -0.39 is 6.04 Å². The van der Waals surface area contributed by atoms with Gasteiger partial charge in [0.15, 0.2) is 0 Å². The first kappa shape index (κ1) is 28.6. The number of nitrogens with one attached hydrogen (secondary N) is 2. The number of carbonyl (C=O) groups is 2. The minimum atomic E-state index is -0.714. The summed E-state index contributed by atoms with van der Waals surface area (Å²) in [6.07, 6.45) is 3.28. The van der Waals surface area contributed by atoms with Gasteiger partial charge in [0.2, 0.25) is 11.9 Å². The van der Waals surface area contributed by atoms with Gasteiger partial charge in [0.1, 0.15) is 17.5 Å². The third-order valence-corrected chi connectivity index (χ3v) is 7.90. The van der Waals surface area contributed by atoms with E-state index in [1.165, 1.54) is 0 Å². The summed E-state index contributed by atoms with van der Waals surface area (Å²) in [4.78, 5) is 37.4. The lowest BCUT2D eigenvalue weighted by atomic mass is 10.0. The van der Waals surface area contributed by atoms with Gasteiger partial charge in [0, 0.05) is 35.9 Å². The van der Waals surface area contributed by atoms with Crippen LogP contribution in [0.15, 0.2) is 42.6 Å². The van der Waals surface area contributed by atoms with E-state index in [9.17, 15) is 9.59 Å². The molecule has 1 aromatic heterocycles. The van der Waals surface area contributed by atoms with E-state index in [2.05, 4.69) is 20.6 Å². The predicted octanol–water partition coefficient (Wildman–Crippen LogP) is 4.63. The summed E-state index contributed by atoms with van der Waals surface area (Å²) in [6, 6.07) is 10.3. The first-order valence-electron chi connectivity index (χ1n) is 13.6. The molecule has 2 aromatic carbocycles. The van der Waals surface area contributed by atoms with E-state index in [0.717, 1.165) is 18.4 Å². The Morgan fingerprint density at radius 1 is 1.15 bits per heavy atom. The Morgan fingerprint density at radius 3 is 2.66 bits per heavy atom. The summed E-state index contributed by atoms with van der Waals surface area (Å²) in [5.74, 6) is 1.17. The Bertz CT molecular complexity index is 1440. The fraction of sp³-hybridized carbons (Fsp3) is 0.400. The molecule has 10 nitrogen and oxygen atoms in total. The van der Waals surface area contributed by atoms with Crippen LogP contribution in [0.3, 0.4) is 0 Å². The highest BCUT2D eigenvalue weighted by atomic mass is 35.5. The van der Waals surface area contributed by atoms with Crippen LogP contribution in [0.4, 0.5) is 5.95 Å². The lowest BCUT2D eigenvalue weighted by molar-refractivity contribution is -0.125. The highest BCUT2D eigenvalue weighted by molar-refractivity contribution is 6.33. The van der Waals surface area contributed by atoms with Crippen molar-refractivity contribution in [3.05, 3.63) is 64.3 Å². The van der Waals surface area contributed by atoms with Crippen LogP contribution in [-0.4, -0.2) is 66.2 Å². The summed E-state index contributed by atoms with van der Waals surface area (Å²) >= 11 is 6.53. The van der Waals surface area contributed by atoms with E-state index in [1.54, 1.807) is 38.3 Å². The zero-order valence-electron chi connectivity index (χ0n) is 23.6. The zero-order valence-corrected chi connectivity index (χ0v) is 24.3. The van der Waals surface area contributed by atoms with Crippen molar-refractivity contribution in [2.24, 2.45) is 0 Å². The van der Waals surface area contributed by atoms with Gasteiger partial charge in [-0.05, 0) is 56.5 Å². The smallest absolute Gasteiger partial charge is 0.255 e. The second-order valence-electron chi connectivity index (χ2n) is 10.2. The number of methoxy groups -OCH3 is 2. The SMILES string of the molecule is COc1cccc([C@@H](C)NC(=O)[C@@H](C)N2Cc3c(OC)cc(-c4nc(NC5CCOCC5)ncc4Cl)cc3C2=O)c1. The molecule has 11 heteroatoms. The van der Waals surface area contributed by atoms with Crippen molar-refractivity contribution in [3.63, 3.8) is 0 Å². The van der Waals surface area contributed by atoms with Gasteiger partial charge in [-0.2, -0.15) is 0 Å². The van der Waals surface area contributed by atoms with Gasteiger partial charge >= 0.3 is 0 Å². The van der Waals surface area contributed by atoms with Gasteiger partial charge in [0.05, 0.1) is 43.7 Å². The molecule has 2 aliphatic rings. The maximum Gasteiger partial charge on any atom is 0.255 e. The average Bonchev–Trinajstić information content (AvgIpc) is 3.33. The lowest BCUT2D eigenvalue weighted by Crippen LogP contribution is -2.45. The van der Waals surface area contributed by atoms with Crippen molar-refractivity contribution in [2.45, 2.75) is 51.4 Å². The second-order valence-corrected chi connectivity index (χ2v) is 10.6. The van der Waals surface area contributed by atoms with Crippen LogP contribution < -0.4 is 20.1 Å². The van der Waals surface area contributed by atoms with Crippen LogP contribution in [0.5, 0.6) is 11.5 Å². The molecule has 2 aliphatic heterocycles. The minimum absolute atomic E-state index is 0.210. The number of carbonyl (C=O) groups excluding carboxylic acids is 2. The van der Waals surface area contributed by atoms with E-state index in [0.29, 0.717) is 58.1 Å². The van der Waals surface area contributed by atoms with Gasteiger partial charge in [-0.3, -0.25) is 9.59 Å². The number of hydrogen-bond acceptors (Lipinski definition) is 8. The number of halogens is 1. The Hall–Kier alpha value is -3.89. The molecule has 3 heterocycles. The van der Waals surface area contributed by atoms with Gasteiger partial charge in [0.25, 0.3) is 5.91 Å². The first-order valence-corrected chi connectivity index (χ1v) is 14.0. The molecule has 2 amide bonds. The molecule has 0 aliphatic carbocycles. The standard InChI is InChI=1S/C30H34ClN5O5/c1-17(19-6-5-7-22(12-19)39-3)33-28(37)18(2)36-16-24-23(29(36)38)13-20(14-26(24)40-4)27-25(31)15-32-30(35-27)34-21-8-10-41-11-9-21/h5-7,12-15,17-18,21H,8-11,16H2,1-4H3,(H,33,37)(H,32,34,35)/t17-,18-/m1/s1. The van der Waals surface area contributed by atoms with Crippen molar-refractivity contribution < 1.29 is 23.8 Å². The normalized spacial score (nSPS) is 16.6. The molecule has 1 fully saturated rings. The predicted molar refractivity (Wildman–Crippen MR) is 155 cm³/mol. The maximum absolute atomic E-state index is 13.6. The number of benzene rings is 2. The minimum Gasteiger partial charge on any atom is -0.497 e. The highest BCUT2D eigenvalue weighted by Crippen LogP contribution is 2.38. The molecule has 2 atom stereocenters. The van der Waals surface area contributed by atoms with Gasteiger partial charge in [-0.1, -0.05) is 23.7 Å². The van der Waals surface area contributed by atoms with E-state index >= 15 is 0 Å². The molecular formula is C30H34ClN5O5. The molecule has 41 heavy (non-hydrogen) atoms. The fourth-order valence-corrected chi connectivity index (χ4v) is 5.36. The topological polar surface area (TPSA) is 115 Å². The molecule has 0 radical (unpaired) electrons. The van der Waals surface area contributed by atoms with Crippen molar-refractivity contribution in [2.75, 3.05) is 32.8 Å². The van der Waals surface area contributed by atoms with Crippen LogP contribution in [-0.2, 0) is 16.1 Å². The third kappa shape index (κ3) is 6.08. The summed E-state index contributed by atoms with van der Waals surface area (Å²) < 4.78 is 16.4. The van der Waals surface area contributed by atoms with E-state index in [-0.39, 0.29) is 30.4 Å². The van der Waals surface area contributed by atoms with Crippen LogP contribution in [0.2, 0.25) is 5.02 Å². The van der Waals surface area contributed by atoms with Gasteiger partial charge in [-0.15, -0.1) is 0 Å². The maximum atomic E-state index is 13.6. The van der Waals surface area contributed by atoms with Gasteiger partial charge < -0.3 is 29.7 Å².